The standard InChI is InChI=1S/C26H35N5O9/c1-13(2)22(25(38)30-19(26(39)40)11-14-12-28-17-6-4-3-5-15(14)17)31-24(37)18(8-10-21(34)35)29-23(36)16(27)7-9-20(32)33/h3-6,12-13,16,18-19,22,28H,7-11,27H2,1-2H3,(H,29,36)(H,30,38)(H,31,37)(H,32,33)(H,34,35)(H,39,40). The number of nitrogens with two attached hydrogens (primary N) is 1. The highest BCUT2D eigenvalue weighted by Gasteiger charge is 2.32. The third kappa shape index (κ3) is 9.38. The average molecular weight is 562 g/mol. The molecule has 4 atom stereocenters. The van der Waals surface area contributed by atoms with Gasteiger partial charge in [0.05, 0.1) is 6.04 Å². The number of carboxylic acid groups (broad SMARTS) is 3. The van der Waals surface area contributed by atoms with Crippen LogP contribution in [-0.2, 0) is 35.2 Å². The quantitative estimate of drug-likeness (QED) is 0.136. The molecule has 0 radical (unpaired) electrons. The zero-order valence-electron chi connectivity index (χ0n) is 22.2. The summed E-state index contributed by atoms with van der Waals surface area (Å²) >= 11 is 0. The molecule has 14 nitrogen and oxygen atoms in total. The second-order valence-corrected chi connectivity index (χ2v) is 9.73. The summed E-state index contributed by atoms with van der Waals surface area (Å²) < 4.78 is 0. The van der Waals surface area contributed by atoms with E-state index in [2.05, 4.69) is 20.9 Å². The Labute approximate surface area is 229 Å². The van der Waals surface area contributed by atoms with Crippen LogP contribution in [0.2, 0.25) is 0 Å². The zero-order valence-corrected chi connectivity index (χ0v) is 22.2. The van der Waals surface area contributed by atoms with Gasteiger partial charge in [0, 0.05) is 36.4 Å². The number of hydrogen-bond donors (Lipinski definition) is 8. The van der Waals surface area contributed by atoms with Crippen LogP contribution in [0.15, 0.2) is 30.5 Å². The SMILES string of the molecule is CC(C)C(NC(=O)C(CCC(=O)O)NC(=O)C(N)CCC(=O)O)C(=O)NC(Cc1c[nH]c2ccccc12)C(=O)O. The van der Waals surface area contributed by atoms with Crippen molar-refractivity contribution in [2.75, 3.05) is 0 Å². The molecule has 14 heteroatoms. The molecule has 0 fully saturated rings. The lowest BCUT2D eigenvalue weighted by Gasteiger charge is -2.27. The van der Waals surface area contributed by atoms with Gasteiger partial charge >= 0.3 is 17.9 Å². The first-order valence-electron chi connectivity index (χ1n) is 12.7. The molecule has 0 aliphatic rings. The largest absolute Gasteiger partial charge is 0.481 e. The molecule has 4 unspecified atom stereocenters. The Bertz CT molecular complexity index is 1240. The molecule has 218 valence electrons. The number of H-pyrrole nitrogens is 1. The first-order chi connectivity index (χ1) is 18.8. The number of carboxylic acids is 3. The van der Waals surface area contributed by atoms with Gasteiger partial charge in [-0.25, -0.2) is 4.79 Å². The smallest absolute Gasteiger partial charge is 0.326 e. The zero-order chi connectivity index (χ0) is 30.0. The highest BCUT2D eigenvalue weighted by atomic mass is 16.4. The van der Waals surface area contributed by atoms with Gasteiger partial charge < -0.3 is 42.0 Å². The molecule has 3 amide bonds. The van der Waals surface area contributed by atoms with Gasteiger partial charge in [-0.15, -0.1) is 0 Å². The number of carbonyl (C=O) groups excluding carboxylic acids is 3. The number of fused-ring (bicyclic) bond motifs is 1. The molecular weight excluding hydrogens is 526 g/mol. The Morgan fingerprint density at radius 3 is 2.02 bits per heavy atom. The Morgan fingerprint density at radius 1 is 0.825 bits per heavy atom. The summed E-state index contributed by atoms with van der Waals surface area (Å²) in [6.45, 7) is 3.24. The van der Waals surface area contributed by atoms with E-state index in [-0.39, 0.29) is 25.7 Å². The van der Waals surface area contributed by atoms with Gasteiger partial charge in [-0.3, -0.25) is 24.0 Å². The predicted octanol–water partition coefficient (Wildman–Crippen LogP) is -0.0377. The first kappa shape index (κ1) is 31.8. The van der Waals surface area contributed by atoms with Crippen molar-refractivity contribution in [1.82, 2.24) is 20.9 Å². The molecule has 1 heterocycles. The Balaban J connectivity index is 2.15. The van der Waals surface area contributed by atoms with Gasteiger partial charge in [-0.05, 0) is 30.4 Å². The van der Waals surface area contributed by atoms with E-state index in [0.29, 0.717) is 5.56 Å². The number of aromatic nitrogens is 1. The second kappa shape index (κ2) is 14.6. The van der Waals surface area contributed by atoms with Crippen LogP contribution in [0.25, 0.3) is 10.9 Å². The van der Waals surface area contributed by atoms with Crippen LogP contribution >= 0.6 is 0 Å². The van der Waals surface area contributed by atoms with Crippen LogP contribution in [0.3, 0.4) is 0 Å². The summed E-state index contributed by atoms with van der Waals surface area (Å²) in [5.74, 6) is -6.72. The summed E-state index contributed by atoms with van der Waals surface area (Å²) in [5.41, 5.74) is 7.17. The minimum absolute atomic E-state index is 0.0324. The molecule has 0 aliphatic heterocycles. The highest BCUT2D eigenvalue weighted by molar-refractivity contribution is 5.94. The molecule has 0 saturated carbocycles. The van der Waals surface area contributed by atoms with Crippen LogP contribution < -0.4 is 21.7 Å². The van der Waals surface area contributed by atoms with Crippen LogP contribution in [-0.4, -0.2) is 80.1 Å². The topological polar surface area (TPSA) is 241 Å². The van der Waals surface area contributed by atoms with Crippen molar-refractivity contribution >= 4 is 46.5 Å². The molecule has 0 spiro atoms. The van der Waals surface area contributed by atoms with E-state index in [1.165, 1.54) is 0 Å². The average Bonchev–Trinajstić information content (AvgIpc) is 3.29. The molecule has 0 bridgehead atoms. The maximum absolute atomic E-state index is 13.1. The lowest BCUT2D eigenvalue weighted by Crippen LogP contribution is -2.58. The molecule has 0 aliphatic carbocycles. The minimum atomic E-state index is -1.39. The first-order valence-corrected chi connectivity index (χ1v) is 12.7. The normalized spacial score (nSPS) is 14.1. The van der Waals surface area contributed by atoms with E-state index >= 15 is 0 Å². The van der Waals surface area contributed by atoms with Crippen molar-refractivity contribution in [3.63, 3.8) is 0 Å². The fourth-order valence-corrected chi connectivity index (χ4v) is 4.00. The number of hydrogen-bond acceptors (Lipinski definition) is 7. The lowest BCUT2D eigenvalue weighted by atomic mass is 10.00. The van der Waals surface area contributed by atoms with Gasteiger partial charge in [0.15, 0.2) is 0 Å². The van der Waals surface area contributed by atoms with E-state index in [1.807, 2.05) is 18.2 Å². The Morgan fingerprint density at radius 2 is 1.43 bits per heavy atom. The molecule has 9 N–H and O–H groups in total. The van der Waals surface area contributed by atoms with Crippen LogP contribution in [0.5, 0.6) is 0 Å². The van der Waals surface area contributed by atoms with Crippen LogP contribution in [0, 0.1) is 5.92 Å². The predicted molar refractivity (Wildman–Crippen MR) is 142 cm³/mol. The number of aliphatic carboxylic acids is 3. The number of para-hydroxylation sites is 1. The fourth-order valence-electron chi connectivity index (χ4n) is 4.00. The van der Waals surface area contributed by atoms with E-state index in [0.717, 1.165) is 10.9 Å². The van der Waals surface area contributed by atoms with Gasteiger partial charge in [0.25, 0.3) is 0 Å². The number of amides is 3. The number of aromatic amines is 1. The van der Waals surface area contributed by atoms with Gasteiger partial charge in [0.1, 0.15) is 18.1 Å². The lowest BCUT2D eigenvalue weighted by molar-refractivity contribution is -0.142. The van der Waals surface area contributed by atoms with Crippen LogP contribution in [0.4, 0.5) is 0 Å². The van der Waals surface area contributed by atoms with Crippen LogP contribution in [0.1, 0.15) is 45.1 Å². The summed E-state index contributed by atoms with van der Waals surface area (Å²) in [6.07, 6.45) is 0.203. The number of carbonyl (C=O) groups is 6. The monoisotopic (exact) mass is 561 g/mol. The summed E-state index contributed by atoms with van der Waals surface area (Å²) in [4.78, 5) is 75.5. The summed E-state index contributed by atoms with van der Waals surface area (Å²) in [7, 11) is 0. The highest BCUT2D eigenvalue weighted by Crippen LogP contribution is 2.19. The molecule has 0 saturated heterocycles. The summed E-state index contributed by atoms with van der Waals surface area (Å²) in [5, 5.41) is 35.7. The molecular formula is C26H35N5O9. The van der Waals surface area contributed by atoms with Crippen molar-refractivity contribution in [2.45, 2.75) is 70.1 Å². The van der Waals surface area contributed by atoms with Crippen molar-refractivity contribution in [3.05, 3.63) is 36.0 Å². The second-order valence-electron chi connectivity index (χ2n) is 9.73. The molecule has 2 aromatic rings. The maximum Gasteiger partial charge on any atom is 0.326 e. The molecule has 1 aromatic carbocycles. The van der Waals surface area contributed by atoms with Gasteiger partial charge in [0.2, 0.25) is 17.7 Å². The third-order valence-corrected chi connectivity index (χ3v) is 6.25. The van der Waals surface area contributed by atoms with Gasteiger partial charge in [-0.2, -0.15) is 0 Å². The molecule has 2 rings (SSSR count). The third-order valence-electron chi connectivity index (χ3n) is 6.25. The number of nitrogens with one attached hydrogen (secondary N) is 4. The van der Waals surface area contributed by atoms with Gasteiger partial charge in [-0.1, -0.05) is 32.0 Å². The number of rotatable bonds is 16. The van der Waals surface area contributed by atoms with Crippen molar-refractivity contribution in [2.24, 2.45) is 11.7 Å². The Hall–Kier alpha value is -4.46. The molecule has 1 aromatic heterocycles. The maximum atomic E-state index is 13.1. The van der Waals surface area contributed by atoms with Crippen molar-refractivity contribution < 1.29 is 44.1 Å². The van der Waals surface area contributed by atoms with E-state index in [1.54, 1.807) is 26.1 Å². The summed E-state index contributed by atoms with van der Waals surface area (Å²) in [6, 6.07) is 2.08. The van der Waals surface area contributed by atoms with E-state index in [9.17, 15) is 33.9 Å². The Kier molecular flexibility index (Phi) is 11.6. The van der Waals surface area contributed by atoms with E-state index < -0.39 is 72.1 Å². The fraction of sp³-hybridized carbons (Fsp3) is 0.462. The van der Waals surface area contributed by atoms with Crippen molar-refractivity contribution in [1.29, 1.82) is 0 Å². The van der Waals surface area contributed by atoms with Crippen molar-refractivity contribution in [3.8, 4) is 0 Å². The number of benzene rings is 1. The van der Waals surface area contributed by atoms with E-state index in [4.69, 9.17) is 15.9 Å². The minimum Gasteiger partial charge on any atom is -0.481 e. The molecule has 40 heavy (non-hydrogen) atoms.